The molecule has 0 saturated carbocycles. The van der Waals surface area contributed by atoms with Crippen LogP contribution in [0.15, 0.2) is 12.1 Å². The van der Waals surface area contributed by atoms with Gasteiger partial charge in [-0.15, -0.1) is 0 Å². The van der Waals surface area contributed by atoms with Crippen molar-refractivity contribution in [1.29, 1.82) is 0 Å². The molecule has 1 aliphatic heterocycles. The molecule has 1 heterocycles. The first kappa shape index (κ1) is 16.6. The van der Waals surface area contributed by atoms with Crippen LogP contribution >= 0.6 is 0 Å². The van der Waals surface area contributed by atoms with E-state index < -0.39 is 5.97 Å². The van der Waals surface area contributed by atoms with Gasteiger partial charge in [0.25, 0.3) is 0 Å². The molecule has 6 nitrogen and oxygen atoms in total. The lowest BCUT2D eigenvalue weighted by molar-refractivity contribution is 0.0697. The molecule has 122 valence electrons. The number of aromatic carboxylic acids is 1. The van der Waals surface area contributed by atoms with Gasteiger partial charge in [-0.3, -0.25) is 0 Å². The van der Waals surface area contributed by atoms with E-state index in [4.69, 9.17) is 20.3 Å². The number of benzene rings is 1. The van der Waals surface area contributed by atoms with Gasteiger partial charge in [0.2, 0.25) is 0 Å². The fourth-order valence-electron chi connectivity index (χ4n) is 2.71. The summed E-state index contributed by atoms with van der Waals surface area (Å²) >= 11 is 0. The minimum atomic E-state index is -1.06. The van der Waals surface area contributed by atoms with Gasteiger partial charge in [0.15, 0.2) is 0 Å². The molecule has 0 unspecified atom stereocenters. The third kappa shape index (κ3) is 4.35. The molecule has 3 N–H and O–H groups in total. The van der Waals surface area contributed by atoms with E-state index in [0.717, 1.165) is 18.5 Å². The number of nitrogen functional groups attached to an aromatic ring is 1. The van der Waals surface area contributed by atoms with Crippen molar-refractivity contribution in [1.82, 2.24) is 4.90 Å². The Labute approximate surface area is 130 Å². The van der Waals surface area contributed by atoms with E-state index in [0.29, 0.717) is 19.0 Å². The van der Waals surface area contributed by atoms with Crippen molar-refractivity contribution in [2.24, 2.45) is 0 Å². The van der Waals surface area contributed by atoms with Crippen LogP contribution in [0.25, 0.3) is 0 Å². The van der Waals surface area contributed by atoms with Gasteiger partial charge in [-0.2, -0.15) is 0 Å². The maximum atomic E-state index is 11.1. The van der Waals surface area contributed by atoms with Crippen molar-refractivity contribution in [3.05, 3.63) is 23.3 Å². The number of nitrogens with two attached hydrogens (primary N) is 1. The van der Waals surface area contributed by atoms with E-state index in [1.54, 1.807) is 6.07 Å². The summed E-state index contributed by atoms with van der Waals surface area (Å²) in [4.78, 5) is 13.5. The monoisotopic (exact) mass is 308 g/mol. The van der Waals surface area contributed by atoms with Crippen molar-refractivity contribution in [3.63, 3.8) is 0 Å². The predicted octanol–water partition coefficient (Wildman–Crippen LogP) is 1.98. The second kappa shape index (κ2) is 8.00. The summed E-state index contributed by atoms with van der Waals surface area (Å²) < 4.78 is 10.9. The Balaban J connectivity index is 1.83. The summed E-state index contributed by atoms with van der Waals surface area (Å²) in [6.45, 7) is 4.49. The molecule has 6 heteroatoms. The van der Waals surface area contributed by atoms with Crippen LogP contribution in [-0.4, -0.2) is 49.3 Å². The van der Waals surface area contributed by atoms with Crippen LogP contribution in [0.2, 0.25) is 0 Å². The summed E-state index contributed by atoms with van der Waals surface area (Å²) in [5, 5.41) is 9.05. The molecule has 0 spiro atoms. The largest absolute Gasteiger partial charge is 0.496 e. The third-order valence-corrected chi connectivity index (χ3v) is 3.90. The smallest absolute Gasteiger partial charge is 0.337 e. The third-order valence-electron chi connectivity index (χ3n) is 3.90. The van der Waals surface area contributed by atoms with E-state index in [9.17, 15) is 4.79 Å². The normalized spacial score (nSPS) is 15.1. The number of carboxylic acid groups (broad SMARTS) is 1. The van der Waals surface area contributed by atoms with Gasteiger partial charge in [-0.1, -0.05) is 0 Å². The number of hydrogen-bond donors (Lipinski definition) is 2. The molecule has 0 bridgehead atoms. The fraction of sp³-hybridized carbons (Fsp3) is 0.562. The molecule has 1 saturated heterocycles. The summed E-state index contributed by atoms with van der Waals surface area (Å²) in [6.07, 6.45) is 3.59. The number of anilines is 1. The highest BCUT2D eigenvalue weighted by molar-refractivity contribution is 5.94. The Kier molecular flexibility index (Phi) is 6.03. The second-order valence-corrected chi connectivity index (χ2v) is 5.51. The number of ether oxygens (including phenoxy) is 2. The lowest BCUT2D eigenvalue weighted by Crippen LogP contribution is -2.21. The van der Waals surface area contributed by atoms with Gasteiger partial charge in [0.1, 0.15) is 5.75 Å². The SMILES string of the molecule is COc1cc(C(=O)O)c(N)cc1COCCCN1CCCC1. The van der Waals surface area contributed by atoms with Gasteiger partial charge in [0.05, 0.1) is 19.3 Å². The van der Waals surface area contributed by atoms with Crippen molar-refractivity contribution >= 4 is 11.7 Å². The van der Waals surface area contributed by atoms with Gasteiger partial charge in [-0.25, -0.2) is 4.79 Å². The topological polar surface area (TPSA) is 85.0 Å². The average molecular weight is 308 g/mol. The maximum Gasteiger partial charge on any atom is 0.337 e. The maximum absolute atomic E-state index is 11.1. The Bertz CT molecular complexity index is 513. The highest BCUT2D eigenvalue weighted by Crippen LogP contribution is 2.26. The van der Waals surface area contributed by atoms with Crippen LogP contribution in [-0.2, 0) is 11.3 Å². The highest BCUT2D eigenvalue weighted by atomic mass is 16.5. The van der Waals surface area contributed by atoms with E-state index in [-0.39, 0.29) is 11.3 Å². The van der Waals surface area contributed by atoms with Crippen LogP contribution in [0, 0.1) is 0 Å². The standard InChI is InChI=1S/C16H24N2O4/c1-21-15-10-13(16(19)20)14(17)9-12(15)11-22-8-4-7-18-5-2-3-6-18/h9-10H,2-8,11,17H2,1H3,(H,19,20). The molecule has 22 heavy (non-hydrogen) atoms. The molecule has 1 fully saturated rings. The molecule has 1 aromatic rings. The summed E-state index contributed by atoms with van der Waals surface area (Å²) in [5.41, 5.74) is 6.81. The van der Waals surface area contributed by atoms with Crippen LogP contribution in [0.5, 0.6) is 5.75 Å². The number of rotatable bonds is 8. The number of carbonyl (C=O) groups is 1. The lowest BCUT2D eigenvalue weighted by Gasteiger charge is -2.15. The van der Waals surface area contributed by atoms with Gasteiger partial charge >= 0.3 is 5.97 Å². The zero-order chi connectivity index (χ0) is 15.9. The first-order valence-corrected chi connectivity index (χ1v) is 7.61. The average Bonchev–Trinajstić information content (AvgIpc) is 3.00. The van der Waals surface area contributed by atoms with Crippen molar-refractivity contribution in [2.75, 3.05) is 39.1 Å². The molecule has 0 aromatic heterocycles. The summed E-state index contributed by atoms with van der Waals surface area (Å²) in [6, 6.07) is 3.06. The second-order valence-electron chi connectivity index (χ2n) is 5.51. The summed E-state index contributed by atoms with van der Waals surface area (Å²) in [7, 11) is 1.51. The van der Waals surface area contributed by atoms with Crippen molar-refractivity contribution in [2.45, 2.75) is 25.9 Å². The first-order chi connectivity index (χ1) is 10.6. The van der Waals surface area contributed by atoms with Gasteiger partial charge < -0.3 is 25.2 Å². The number of hydrogen-bond acceptors (Lipinski definition) is 5. The zero-order valence-corrected chi connectivity index (χ0v) is 13.0. The molecule has 0 amide bonds. The molecular weight excluding hydrogens is 284 g/mol. The van der Waals surface area contributed by atoms with Crippen LogP contribution in [0.1, 0.15) is 35.2 Å². The number of likely N-dealkylation sites (tertiary alicyclic amines) is 1. The van der Waals surface area contributed by atoms with E-state index in [1.165, 1.54) is 39.1 Å². The van der Waals surface area contributed by atoms with Crippen LogP contribution in [0.4, 0.5) is 5.69 Å². The van der Waals surface area contributed by atoms with E-state index in [2.05, 4.69) is 4.90 Å². The molecule has 2 rings (SSSR count). The Morgan fingerprint density at radius 2 is 2.09 bits per heavy atom. The van der Waals surface area contributed by atoms with Crippen molar-refractivity contribution < 1.29 is 19.4 Å². The molecule has 0 radical (unpaired) electrons. The molecule has 0 atom stereocenters. The molecule has 1 aliphatic rings. The number of carboxylic acids is 1. The minimum Gasteiger partial charge on any atom is -0.496 e. The fourth-order valence-corrected chi connectivity index (χ4v) is 2.71. The lowest BCUT2D eigenvalue weighted by atomic mass is 10.1. The first-order valence-electron chi connectivity index (χ1n) is 7.61. The molecule has 0 aliphatic carbocycles. The molecular formula is C16H24N2O4. The quantitative estimate of drug-likeness (QED) is 0.564. The van der Waals surface area contributed by atoms with E-state index >= 15 is 0 Å². The number of nitrogens with zero attached hydrogens (tertiary/aromatic N) is 1. The molecule has 1 aromatic carbocycles. The Morgan fingerprint density at radius 1 is 1.36 bits per heavy atom. The van der Waals surface area contributed by atoms with Gasteiger partial charge in [0, 0.05) is 24.4 Å². The Hall–Kier alpha value is -1.79. The van der Waals surface area contributed by atoms with E-state index in [1.807, 2.05) is 0 Å². The zero-order valence-electron chi connectivity index (χ0n) is 13.0. The minimum absolute atomic E-state index is 0.0506. The highest BCUT2D eigenvalue weighted by Gasteiger charge is 2.14. The van der Waals surface area contributed by atoms with Crippen molar-refractivity contribution in [3.8, 4) is 5.75 Å². The van der Waals surface area contributed by atoms with Crippen LogP contribution in [0.3, 0.4) is 0 Å². The van der Waals surface area contributed by atoms with Gasteiger partial charge in [-0.05, 0) is 44.5 Å². The number of methoxy groups -OCH3 is 1. The summed E-state index contributed by atoms with van der Waals surface area (Å²) in [5.74, 6) is -0.569. The van der Waals surface area contributed by atoms with Crippen LogP contribution < -0.4 is 10.5 Å². The predicted molar refractivity (Wildman–Crippen MR) is 84.3 cm³/mol. The Morgan fingerprint density at radius 3 is 2.73 bits per heavy atom.